The first-order valence-electron chi connectivity index (χ1n) is 6.53. The Hall–Kier alpha value is -1.21. The molecule has 2 rings (SSSR count). The fraction of sp³-hybridized carbons (Fsp3) is 0.500. The number of fused-ring (bicyclic) bond motifs is 1. The Labute approximate surface area is 125 Å². The van der Waals surface area contributed by atoms with E-state index in [-0.39, 0.29) is 18.4 Å². The van der Waals surface area contributed by atoms with E-state index in [4.69, 9.17) is 0 Å². The normalized spacial score (nSPS) is 19.1. The van der Waals surface area contributed by atoms with Crippen molar-refractivity contribution in [1.29, 1.82) is 0 Å². The molecule has 1 aromatic rings. The van der Waals surface area contributed by atoms with Gasteiger partial charge in [-0.05, 0) is 18.6 Å². The Morgan fingerprint density at radius 3 is 2.90 bits per heavy atom. The minimum absolute atomic E-state index is 0.160. The monoisotopic (exact) mass is 319 g/mol. The minimum Gasteiger partial charge on any atom is -0.370 e. The highest BCUT2D eigenvalue weighted by Crippen LogP contribution is 2.39. The lowest BCUT2D eigenvalue weighted by atomic mass is 10.0. The molecule has 0 spiro atoms. The highest BCUT2D eigenvalue weighted by molar-refractivity contribution is 7.99. The molecule has 21 heavy (non-hydrogen) atoms. The second-order valence-corrected chi connectivity index (χ2v) is 6.00. The van der Waals surface area contributed by atoms with Gasteiger partial charge in [0, 0.05) is 16.7 Å². The van der Waals surface area contributed by atoms with Crippen molar-refractivity contribution in [2.45, 2.75) is 30.0 Å². The number of rotatable bonds is 5. The van der Waals surface area contributed by atoms with Gasteiger partial charge in [0.15, 0.2) is 0 Å². The van der Waals surface area contributed by atoms with Crippen LogP contribution >= 0.6 is 11.8 Å². The van der Waals surface area contributed by atoms with E-state index in [1.54, 1.807) is 18.7 Å². The number of carbonyl (C=O) groups excluding carboxylic acids is 1. The number of halogens is 3. The lowest BCUT2D eigenvalue weighted by Gasteiger charge is -2.18. The van der Waals surface area contributed by atoms with Crippen LogP contribution in [0.15, 0.2) is 29.2 Å². The zero-order valence-electron chi connectivity index (χ0n) is 11.4. The molecule has 1 amide bonds. The quantitative estimate of drug-likeness (QED) is 0.907. The van der Waals surface area contributed by atoms with Crippen molar-refractivity contribution in [3.05, 3.63) is 29.8 Å². The summed E-state index contributed by atoms with van der Waals surface area (Å²) >= 11 is 1.61. The molecule has 0 saturated heterocycles. The van der Waals surface area contributed by atoms with Crippen LogP contribution in [0.25, 0.3) is 0 Å². The maximum absolute atomic E-state index is 12.2. The van der Waals surface area contributed by atoms with E-state index in [9.17, 15) is 18.0 Å². The number of ether oxygens (including phenoxy) is 1. The maximum Gasteiger partial charge on any atom is 0.411 e. The number of nitrogens with one attached hydrogen (secondary N) is 1. The Balaban J connectivity index is 1.82. The molecule has 1 aliphatic heterocycles. The van der Waals surface area contributed by atoms with Gasteiger partial charge in [0.25, 0.3) is 0 Å². The molecular formula is C14H16F3NO2S. The van der Waals surface area contributed by atoms with Crippen LogP contribution in [0.5, 0.6) is 0 Å². The summed E-state index contributed by atoms with van der Waals surface area (Å²) in [6.07, 6.45) is -4.34. The molecule has 116 valence electrons. The third-order valence-electron chi connectivity index (χ3n) is 3.04. The predicted molar refractivity (Wildman–Crippen MR) is 74.4 cm³/mol. The number of thioether (sulfide) groups is 1. The molecule has 0 saturated carbocycles. The number of carbonyl (C=O) groups is 1. The molecule has 0 fully saturated rings. The minimum atomic E-state index is -4.34. The van der Waals surface area contributed by atoms with Crippen molar-refractivity contribution < 1.29 is 22.7 Å². The van der Waals surface area contributed by atoms with Crippen LogP contribution in [-0.2, 0) is 9.53 Å². The van der Waals surface area contributed by atoms with Crippen molar-refractivity contribution in [3.8, 4) is 0 Å². The van der Waals surface area contributed by atoms with Gasteiger partial charge in [-0.15, -0.1) is 11.8 Å². The van der Waals surface area contributed by atoms with Crippen LogP contribution in [0.3, 0.4) is 0 Å². The van der Waals surface area contributed by atoms with Gasteiger partial charge in [0.2, 0.25) is 5.91 Å². The van der Waals surface area contributed by atoms with Gasteiger partial charge in [0.05, 0.1) is 12.5 Å². The first-order valence-corrected chi connectivity index (χ1v) is 7.52. The zero-order chi connectivity index (χ0) is 15.5. The second kappa shape index (κ2) is 6.70. The lowest BCUT2D eigenvalue weighted by molar-refractivity contribution is -0.175. The maximum atomic E-state index is 12.2. The van der Waals surface area contributed by atoms with Crippen LogP contribution in [0, 0.1) is 0 Å². The van der Waals surface area contributed by atoms with Crippen molar-refractivity contribution in [2.75, 3.05) is 19.0 Å². The first kappa shape index (κ1) is 16.2. The van der Waals surface area contributed by atoms with Gasteiger partial charge in [-0.3, -0.25) is 4.79 Å². The number of hydrogen-bond acceptors (Lipinski definition) is 3. The Morgan fingerprint density at radius 2 is 2.19 bits per heavy atom. The van der Waals surface area contributed by atoms with E-state index >= 15 is 0 Å². The van der Waals surface area contributed by atoms with Crippen LogP contribution in [-0.4, -0.2) is 37.1 Å². The third kappa shape index (κ3) is 4.64. The van der Waals surface area contributed by atoms with E-state index in [1.807, 2.05) is 24.3 Å². The van der Waals surface area contributed by atoms with Gasteiger partial charge in [-0.2, -0.15) is 13.2 Å². The van der Waals surface area contributed by atoms with Gasteiger partial charge < -0.3 is 10.1 Å². The molecule has 0 unspecified atom stereocenters. The van der Waals surface area contributed by atoms with E-state index in [0.717, 1.165) is 10.5 Å². The highest BCUT2D eigenvalue weighted by Gasteiger charge is 2.30. The highest BCUT2D eigenvalue weighted by atomic mass is 32.2. The Kier molecular flexibility index (Phi) is 5.16. The summed E-state index contributed by atoms with van der Waals surface area (Å²) in [6.45, 7) is 0.171. The second-order valence-electron chi connectivity index (χ2n) is 4.94. The smallest absolute Gasteiger partial charge is 0.370 e. The summed E-state index contributed by atoms with van der Waals surface area (Å²) in [6, 6.07) is 7.20. The van der Waals surface area contributed by atoms with Gasteiger partial charge in [0.1, 0.15) is 6.61 Å². The molecule has 7 heteroatoms. The largest absolute Gasteiger partial charge is 0.411 e. The molecule has 1 aliphatic rings. The fourth-order valence-corrected chi connectivity index (χ4v) is 3.35. The number of amides is 1. The van der Waals surface area contributed by atoms with Crippen molar-refractivity contribution in [2.24, 2.45) is 0 Å². The number of benzene rings is 1. The van der Waals surface area contributed by atoms with E-state index in [1.165, 1.54) is 0 Å². The zero-order valence-corrected chi connectivity index (χ0v) is 12.3. The lowest BCUT2D eigenvalue weighted by Crippen LogP contribution is -2.39. The molecular weight excluding hydrogens is 303 g/mol. The topological polar surface area (TPSA) is 38.3 Å². The number of hydrogen-bond donors (Lipinski definition) is 1. The molecule has 0 aliphatic carbocycles. The fourth-order valence-electron chi connectivity index (χ4n) is 2.12. The predicted octanol–water partition coefficient (Wildman–Crippen LogP) is 2.96. The van der Waals surface area contributed by atoms with E-state index in [2.05, 4.69) is 10.1 Å². The van der Waals surface area contributed by atoms with Crippen molar-refractivity contribution >= 4 is 17.7 Å². The summed E-state index contributed by atoms with van der Waals surface area (Å²) in [4.78, 5) is 13.3. The molecule has 0 radical (unpaired) electrons. The van der Waals surface area contributed by atoms with Crippen molar-refractivity contribution in [3.63, 3.8) is 0 Å². The van der Waals surface area contributed by atoms with Crippen LogP contribution in [0.2, 0.25) is 0 Å². The van der Waals surface area contributed by atoms with Crippen LogP contribution in [0.1, 0.15) is 18.4 Å². The average Bonchev–Trinajstić information content (AvgIpc) is 2.80. The third-order valence-corrected chi connectivity index (χ3v) is 4.22. The summed E-state index contributed by atoms with van der Waals surface area (Å²) in [5.74, 6) is 0.230. The van der Waals surface area contributed by atoms with Gasteiger partial charge >= 0.3 is 6.18 Å². The summed E-state index contributed by atoms with van der Waals surface area (Å²) in [5.41, 5.74) is 0.975. The Bertz CT molecular complexity index is 507. The molecule has 0 bridgehead atoms. The first-order chi connectivity index (χ1) is 9.87. The molecule has 1 N–H and O–H groups in total. The van der Waals surface area contributed by atoms with Crippen molar-refractivity contribution in [1.82, 2.24) is 5.32 Å². The SMILES string of the molecule is C[C@@H](COCC(F)(F)F)NC(=O)[C@H]1CSc2ccccc21. The molecule has 2 atom stereocenters. The summed E-state index contributed by atoms with van der Waals surface area (Å²) < 4.78 is 40.4. The molecule has 1 heterocycles. The van der Waals surface area contributed by atoms with Crippen LogP contribution in [0.4, 0.5) is 13.2 Å². The molecule has 1 aromatic carbocycles. The standard InChI is InChI=1S/C14H16F3NO2S/c1-9(6-20-8-14(15,16)17)18-13(19)11-7-21-12-5-3-2-4-10(11)12/h2-5,9,11H,6-8H2,1H3,(H,18,19)/t9-,11-/m0/s1. The summed E-state index contributed by atoms with van der Waals surface area (Å²) in [7, 11) is 0. The molecule has 0 aromatic heterocycles. The molecule has 3 nitrogen and oxygen atoms in total. The van der Waals surface area contributed by atoms with Gasteiger partial charge in [-0.25, -0.2) is 0 Å². The van der Waals surface area contributed by atoms with Gasteiger partial charge in [-0.1, -0.05) is 18.2 Å². The number of alkyl halides is 3. The Morgan fingerprint density at radius 1 is 1.48 bits per heavy atom. The van der Waals surface area contributed by atoms with E-state index < -0.39 is 18.8 Å². The summed E-state index contributed by atoms with van der Waals surface area (Å²) in [5, 5.41) is 2.70. The van der Waals surface area contributed by atoms with E-state index in [0.29, 0.717) is 5.75 Å². The van der Waals surface area contributed by atoms with Crippen LogP contribution < -0.4 is 5.32 Å². The average molecular weight is 319 g/mol.